The molecule has 0 radical (unpaired) electrons. The molecule has 6 nitrogen and oxygen atoms in total. The molecule has 2 aliphatic carbocycles. The van der Waals surface area contributed by atoms with Gasteiger partial charge in [-0.2, -0.15) is 5.10 Å². The van der Waals surface area contributed by atoms with E-state index in [9.17, 15) is 4.79 Å². The van der Waals surface area contributed by atoms with Crippen LogP contribution in [0.3, 0.4) is 0 Å². The molecule has 6 heteroatoms. The van der Waals surface area contributed by atoms with Crippen molar-refractivity contribution in [1.29, 1.82) is 0 Å². The second-order valence-electron chi connectivity index (χ2n) is 9.05. The zero-order valence-corrected chi connectivity index (χ0v) is 16.4. The Kier molecular flexibility index (Phi) is 3.88. The molecule has 1 fully saturated rings. The molecule has 0 spiro atoms. The fourth-order valence-corrected chi connectivity index (χ4v) is 4.98. The van der Waals surface area contributed by atoms with Crippen LogP contribution in [0, 0.1) is 0 Å². The van der Waals surface area contributed by atoms with E-state index in [-0.39, 0.29) is 23.4 Å². The van der Waals surface area contributed by atoms with Gasteiger partial charge in [0.1, 0.15) is 0 Å². The number of aromatic amines is 2. The highest BCUT2D eigenvalue weighted by Crippen LogP contribution is 2.45. The summed E-state index contributed by atoms with van der Waals surface area (Å²) in [6.07, 6.45) is 6.73. The molecular formula is C22H27N5O. The first-order valence-corrected chi connectivity index (χ1v) is 10.2. The number of aromatic nitrogens is 3. The van der Waals surface area contributed by atoms with Crippen LogP contribution in [-0.2, 0) is 11.8 Å². The van der Waals surface area contributed by atoms with Gasteiger partial charge < -0.3 is 16.0 Å². The number of nitrogens with zero attached hydrogens (tertiary/aromatic N) is 1. The zero-order valence-electron chi connectivity index (χ0n) is 16.4. The lowest BCUT2D eigenvalue weighted by Gasteiger charge is -2.30. The van der Waals surface area contributed by atoms with Crippen LogP contribution < -0.4 is 11.1 Å². The van der Waals surface area contributed by atoms with Gasteiger partial charge in [0.05, 0.1) is 17.6 Å². The van der Waals surface area contributed by atoms with E-state index in [2.05, 4.69) is 34.3 Å². The Morgan fingerprint density at radius 2 is 2.00 bits per heavy atom. The molecule has 0 aliphatic heterocycles. The highest BCUT2D eigenvalue weighted by Gasteiger charge is 2.35. The van der Waals surface area contributed by atoms with Gasteiger partial charge in [-0.3, -0.25) is 9.89 Å². The van der Waals surface area contributed by atoms with Crippen molar-refractivity contribution in [3.05, 3.63) is 41.1 Å². The second kappa shape index (κ2) is 6.21. The molecule has 1 amide bonds. The predicted octanol–water partition coefficient (Wildman–Crippen LogP) is 3.39. The van der Waals surface area contributed by atoms with E-state index in [4.69, 9.17) is 5.73 Å². The maximum absolute atomic E-state index is 12.9. The summed E-state index contributed by atoms with van der Waals surface area (Å²) in [5, 5.41) is 11.7. The molecule has 2 aliphatic rings. The lowest BCUT2D eigenvalue weighted by molar-refractivity contribution is 0.0926. The molecule has 1 aromatic carbocycles. The van der Waals surface area contributed by atoms with E-state index >= 15 is 0 Å². The molecule has 146 valence electrons. The molecule has 2 heterocycles. The monoisotopic (exact) mass is 377 g/mol. The van der Waals surface area contributed by atoms with Crippen molar-refractivity contribution >= 4 is 16.8 Å². The van der Waals surface area contributed by atoms with Crippen molar-refractivity contribution in [1.82, 2.24) is 20.5 Å². The molecular weight excluding hydrogens is 350 g/mol. The summed E-state index contributed by atoms with van der Waals surface area (Å²) in [4.78, 5) is 16.4. The van der Waals surface area contributed by atoms with Gasteiger partial charge in [-0.05, 0) is 61.3 Å². The Balaban J connectivity index is 1.51. The predicted molar refractivity (Wildman–Crippen MR) is 110 cm³/mol. The SMILES string of the molecule is CC1(C)Cc2cn[nH]c2-c2[nH]c3ccc(C(=O)NC4CCC(N)CC4)cc3c21. The Hall–Kier alpha value is -2.60. The van der Waals surface area contributed by atoms with E-state index in [1.165, 1.54) is 11.1 Å². The first kappa shape index (κ1) is 17.5. The van der Waals surface area contributed by atoms with Gasteiger partial charge >= 0.3 is 0 Å². The average Bonchev–Trinajstić information content (AvgIpc) is 3.26. The molecule has 3 aromatic rings. The zero-order chi connectivity index (χ0) is 19.5. The van der Waals surface area contributed by atoms with Crippen molar-refractivity contribution < 1.29 is 4.79 Å². The fourth-order valence-electron chi connectivity index (χ4n) is 4.98. The van der Waals surface area contributed by atoms with Crippen LogP contribution in [0.2, 0.25) is 0 Å². The van der Waals surface area contributed by atoms with Crippen LogP contribution in [0.5, 0.6) is 0 Å². The third kappa shape index (κ3) is 2.75. The average molecular weight is 377 g/mol. The van der Waals surface area contributed by atoms with Crippen molar-refractivity contribution in [3.63, 3.8) is 0 Å². The van der Waals surface area contributed by atoms with Crippen LogP contribution in [-0.4, -0.2) is 33.2 Å². The van der Waals surface area contributed by atoms with Crippen LogP contribution in [0.15, 0.2) is 24.4 Å². The van der Waals surface area contributed by atoms with Gasteiger partial charge in [0.15, 0.2) is 0 Å². The number of rotatable bonds is 2. The third-order valence-electron chi connectivity index (χ3n) is 6.44. The Labute approximate surface area is 164 Å². The molecule has 0 bridgehead atoms. The highest BCUT2D eigenvalue weighted by atomic mass is 16.1. The number of carbonyl (C=O) groups excluding carboxylic acids is 1. The van der Waals surface area contributed by atoms with Crippen LogP contribution in [0.4, 0.5) is 0 Å². The van der Waals surface area contributed by atoms with E-state index in [0.29, 0.717) is 0 Å². The van der Waals surface area contributed by atoms with Gasteiger partial charge in [-0.25, -0.2) is 0 Å². The summed E-state index contributed by atoms with van der Waals surface area (Å²) in [6, 6.07) is 6.48. The summed E-state index contributed by atoms with van der Waals surface area (Å²) >= 11 is 0. The van der Waals surface area contributed by atoms with E-state index < -0.39 is 0 Å². The number of amides is 1. The molecule has 5 rings (SSSR count). The number of fused-ring (bicyclic) bond motifs is 5. The molecule has 28 heavy (non-hydrogen) atoms. The van der Waals surface area contributed by atoms with Crippen LogP contribution >= 0.6 is 0 Å². The van der Waals surface area contributed by atoms with Crippen LogP contribution in [0.25, 0.3) is 22.3 Å². The van der Waals surface area contributed by atoms with Crippen molar-refractivity contribution in [2.24, 2.45) is 5.73 Å². The standard InChI is InChI=1S/C22H27N5O/c1-22(2)10-13-11-24-27-19(13)20-18(22)16-9-12(3-8-17(16)26-20)21(28)25-15-6-4-14(23)5-7-15/h3,8-9,11,14-15,26H,4-7,10,23H2,1-2H3,(H,24,27)(H,25,28). The smallest absolute Gasteiger partial charge is 0.251 e. The first-order valence-electron chi connectivity index (χ1n) is 10.2. The number of hydrogen-bond acceptors (Lipinski definition) is 3. The fraction of sp³-hybridized carbons (Fsp3) is 0.455. The number of nitrogens with one attached hydrogen (secondary N) is 3. The number of benzene rings is 1. The van der Waals surface area contributed by atoms with Gasteiger partial charge in [0.25, 0.3) is 5.91 Å². The number of hydrogen-bond donors (Lipinski definition) is 4. The summed E-state index contributed by atoms with van der Waals surface area (Å²) in [5.74, 6) is 0.00756. The van der Waals surface area contributed by atoms with Crippen LogP contribution in [0.1, 0.15) is 61.0 Å². The molecule has 5 N–H and O–H groups in total. The van der Waals surface area contributed by atoms with Gasteiger partial charge in [0, 0.05) is 34.1 Å². The van der Waals surface area contributed by atoms with E-state index in [0.717, 1.165) is 60.0 Å². The minimum Gasteiger partial charge on any atom is -0.353 e. The van der Waals surface area contributed by atoms with Gasteiger partial charge in [-0.1, -0.05) is 13.8 Å². The lowest BCUT2D eigenvalue weighted by Crippen LogP contribution is -2.40. The van der Waals surface area contributed by atoms with E-state index in [1.54, 1.807) is 0 Å². The first-order chi connectivity index (χ1) is 13.4. The maximum Gasteiger partial charge on any atom is 0.251 e. The minimum absolute atomic E-state index is 0.00756. The molecule has 0 unspecified atom stereocenters. The van der Waals surface area contributed by atoms with Gasteiger partial charge in [0.2, 0.25) is 0 Å². The number of H-pyrrole nitrogens is 2. The molecule has 0 saturated heterocycles. The molecule has 1 saturated carbocycles. The van der Waals surface area contributed by atoms with Gasteiger partial charge in [-0.15, -0.1) is 0 Å². The number of carbonyl (C=O) groups is 1. The maximum atomic E-state index is 12.9. The largest absolute Gasteiger partial charge is 0.353 e. The Morgan fingerprint density at radius 3 is 2.79 bits per heavy atom. The van der Waals surface area contributed by atoms with E-state index in [1.807, 2.05) is 24.4 Å². The van der Waals surface area contributed by atoms with Crippen molar-refractivity contribution in [2.45, 2.75) is 63.5 Å². The summed E-state index contributed by atoms with van der Waals surface area (Å²) in [6.45, 7) is 4.51. The second-order valence-corrected chi connectivity index (χ2v) is 9.05. The highest BCUT2D eigenvalue weighted by molar-refractivity contribution is 6.01. The normalized spacial score (nSPS) is 23.2. The third-order valence-corrected chi connectivity index (χ3v) is 6.44. The molecule has 0 atom stereocenters. The topological polar surface area (TPSA) is 99.6 Å². The molecule has 2 aromatic heterocycles. The summed E-state index contributed by atoms with van der Waals surface area (Å²) < 4.78 is 0. The summed E-state index contributed by atoms with van der Waals surface area (Å²) in [5.41, 5.74) is 12.4. The van der Waals surface area contributed by atoms with Crippen molar-refractivity contribution in [3.8, 4) is 11.4 Å². The minimum atomic E-state index is -0.0287. The summed E-state index contributed by atoms with van der Waals surface area (Å²) in [7, 11) is 0. The van der Waals surface area contributed by atoms with Crippen molar-refractivity contribution in [2.75, 3.05) is 0 Å². The number of nitrogens with two attached hydrogens (primary N) is 1. The quantitative estimate of drug-likeness (QED) is 0.551. The Bertz CT molecular complexity index is 1050. The lowest BCUT2D eigenvalue weighted by atomic mass is 9.73. The Morgan fingerprint density at radius 1 is 1.21 bits per heavy atom.